The number of nitrogens with one attached hydrogen (secondary N) is 1. The van der Waals surface area contributed by atoms with Crippen molar-refractivity contribution in [3.63, 3.8) is 0 Å². The van der Waals surface area contributed by atoms with E-state index in [0.717, 1.165) is 11.5 Å². The second-order valence-electron chi connectivity index (χ2n) is 6.31. The molecule has 150 valence electrons. The van der Waals surface area contributed by atoms with E-state index in [9.17, 15) is 13.2 Å². The molecule has 0 fully saturated rings. The summed E-state index contributed by atoms with van der Waals surface area (Å²) in [5.74, 6) is 0.407. The number of pyridine rings is 1. The number of fused-ring (bicyclic) bond motifs is 1. The molecule has 0 aliphatic heterocycles. The quantitative estimate of drug-likeness (QED) is 0.605. The van der Waals surface area contributed by atoms with Crippen molar-refractivity contribution in [2.75, 3.05) is 19.6 Å². The van der Waals surface area contributed by atoms with Gasteiger partial charge >= 0.3 is 0 Å². The number of carbonyl (C=O) groups is 1. The Hall–Kier alpha value is -2.72. The van der Waals surface area contributed by atoms with Gasteiger partial charge in [0, 0.05) is 45.5 Å². The van der Waals surface area contributed by atoms with Gasteiger partial charge in [-0.1, -0.05) is 19.9 Å². The van der Waals surface area contributed by atoms with Gasteiger partial charge in [-0.15, -0.1) is 10.2 Å². The third-order valence-electron chi connectivity index (χ3n) is 4.57. The third-order valence-corrected chi connectivity index (χ3v) is 6.59. The maximum atomic E-state index is 12.6. The van der Waals surface area contributed by atoms with Crippen LogP contribution in [0.1, 0.15) is 30.2 Å². The van der Waals surface area contributed by atoms with E-state index in [-0.39, 0.29) is 16.5 Å². The lowest BCUT2D eigenvalue weighted by molar-refractivity contribution is 0.0946. The van der Waals surface area contributed by atoms with E-state index in [1.54, 1.807) is 20.9 Å². The highest BCUT2D eigenvalue weighted by Gasteiger charge is 2.25. The Kier molecular flexibility index (Phi) is 5.80. The number of aromatic nitrogens is 4. The van der Waals surface area contributed by atoms with Gasteiger partial charge in [-0.3, -0.25) is 9.20 Å². The van der Waals surface area contributed by atoms with Gasteiger partial charge < -0.3 is 9.88 Å². The SMILES string of the molecule is CCN(CC)S(=O)(=O)c1cc(C(=O)NCCc2nnc3ccccn23)n(C)c1. The lowest BCUT2D eigenvalue weighted by Gasteiger charge is -2.17. The number of rotatable bonds is 8. The van der Waals surface area contributed by atoms with Crippen molar-refractivity contribution in [3.05, 3.63) is 48.2 Å². The maximum Gasteiger partial charge on any atom is 0.267 e. The summed E-state index contributed by atoms with van der Waals surface area (Å²) >= 11 is 0. The van der Waals surface area contributed by atoms with Crippen LogP contribution < -0.4 is 5.32 Å². The average Bonchev–Trinajstić information content (AvgIpc) is 3.27. The minimum absolute atomic E-state index is 0.118. The van der Waals surface area contributed by atoms with Crippen LogP contribution in [0, 0.1) is 0 Å². The number of aryl methyl sites for hydroxylation is 1. The van der Waals surface area contributed by atoms with Crippen molar-refractivity contribution in [1.82, 2.24) is 28.8 Å². The Morgan fingerprint density at radius 3 is 2.68 bits per heavy atom. The minimum atomic E-state index is -3.61. The first kappa shape index (κ1) is 20.0. The molecule has 3 aromatic rings. The molecule has 0 aromatic carbocycles. The number of sulfonamides is 1. The number of hydrogen-bond acceptors (Lipinski definition) is 5. The molecule has 1 amide bonds. The van der Waals surface area contributed by atoms with E-state index in [1.165, 1.54) is 21.1 Å². The molecule has 0 bridgehead atoms. The molecule has 0 aliphatic carbocycles. The Morgan fingerprint density at radius 2 is 1.96 bits per heavy atom. The number of amides is 1. The van der Waals surface area contributed by atoms with Crippen LogP contribution in [-0.2, 0) is 23.5 Å². The van der Waals surface area contributed by atoms with Crippen molar-refractivity contribution in [2.24, 2.45) is 7.05 Å². The topological polar surface area (TPSA) is 102 Å². The first-order valence-corrected chi connectivity index (χ1v) is 10.6. The Labute approximate surface area is 164 Å². The lowest BCUT2D eigenvalue weighted by Crippen LogP contribution is -2.30. The zero-order valence-corrected chi connectivity index (χ0v) is 17.0. The summed E-state index contributed by atoms with van der Waals surface area (Å²) in [7, 11) is -1.95. The first-order valence-electron chi connectivity index (χ1n) is 9.11. The van der Waals surface area contributed by atoms with Crippen LogP contribution in [0.4, 0.5) is 0 Å². The molecular weight excluding hydrogens is 380 g/mol. The molecular formula is C18H24N6O3S. The predicted octanol–water partition coefficient (Wildman–Crippen LogP) is 1.07. The standard InChI is InChI=1S/C18H24N6O3S/c1-4-23(5-2)28(26,27)14-12-15(22(3)13-14)18(25)19-10-9-17-21-20-16-8-6-7-11-24(16)17/h6-8,11-13H,4-5,9-10H2,1-3H3,(H,19,25). The van der Waals surface area contributed by atoms with E-state index < -0.39 is 10.0 Å². The molecule has 0 radical (unpaired) electrons. The van der Waals surface area contributed by atoms with Gasteiger partial charge in [-0.25, -0.2) is 8.42 Å². The molecule has 0 unspecified atom stereocenters. The fourth-order valence-electron chi connectivity index (χ4n) is 3.05. The fourth-order valence-corrected chi connectivity index (χ4v) is 4.58. The molecule has 3 aromatic heterocycles. The van der Waals surface area contributed by atoms with Gasteiger partial charge in [-0.05, 0) is 18.2 Å². The van der Waals surface area contributed by atoms with Gasteiger partial charge in [0.15, 0.2) is 5.65 Å². The van der Waals surface area contributed by atoms with E-state index in [0.29, 0.717) is 26.1 Å². The Balaban J connectivity index is 1.69. The van der Waals surface area contributed by atoms with Crippen molar-refractivity contribution < 1.29 is 13.2 Å². The molecule has 0 aliphatic rings. The molecule has 28 heavy (non-hydrogen) atoms. The van der Waals surface area contributed by atoms with Crippen LogP contribution in [0.2, 0.25) is 0 Å². The van der Waals surface area contributed by atoms with Crippen LogP contribution in [0.15, 0.2) is 41.6 Å². The molecule has 0 saturated carbocycles. The molecule has 0 spiro atoms. The summed E-state index contributed by atoms with van der Waals surface area (Å²) in [6.07, 6.45) is 3.84. The van der Waals surface area contributed by atoms with Gasteiger partial charge in [0.1, 0.15) is 16.4 Å². The maximum absolute atomic E-state index is 12.6. The summed E-state index contributed by atoms with van der Waals surface area (Å²) in [4.78, 5) is 12.6. The highest BCUT2D eigenvalue weighted by molar-refractivity contribution is 7.89. The second-order valence-corrected chi connectivity index (χ2v) is 8.25. The van der Waals surface area contributed by atoms with Gasteiger partial charge in [0.2, 0.25) is 10.0 Å². The molecule has 0 atom stereocenters. The minimum Gasteiger partial charge on any atom is -0.350 e. The van der Waals surface area contributed by atoms with Crippen LogP contribution in [0.5, 0.6) is 0 Å². The molecule has 3 rings (SSSR count). The highest BCUT2D eigenvalue weighted by Crippen LogP contribution is 2.18. The van der Waals surface area contributed by atoms with Crippen LogP contribution in [-0.4, -0.2) is 57.4 Å². The summed E-state index contributed by atoms with van der Waals surface area (Å²) in [6.45, 7) is 4.68. The molecule has 3 heterocycles. The van der Waals surface area contributed by atoms with Crippen LogP contribution in [0.3, 0.4) is 0 Å². The average molecular weight is 404 g/mol. The number of carbonyl (C=O) groups excluding carboxylic acids is 1. The van der Waals surface area contributed by atoms with E-state index in [1.807, 2.05) is 28.8 Å². The van der Waals surface area contributed by atoms with E-state index >= 15 is 0 Å². The molecule has 10 heteroatoms. The van der Waals surface area contributed by atoms with E-state index in [2.05, 4.69) is 15.5 Å². The predicted molar refractivity (Wildman–Crippen MR) is 105 cm³/mol. The Morgan fingerprint density at radius 1 is 1.21 bits per heavy atom. The zero-order chi connectivity index (χ0) is 20.3. The summed E-state index contributed by atoms with van der Waals surface area (Å²) in [6, 6.07) is 7.04. The monoisotopic (exact) mass is 404 g/mol. The summed E-state index contributed by atoms with van der Waals surface area (Å²) in [5, 5.41) is 11.0. The molecule has 0 saturated heterocycles. The normalized spacial score (nSPS) is 12.0. The first-order chi connectivity index (χ1) is 13.4. The molecule has 1 N–H and O–H groups in total. The second kappa shape index (κ2) is 8.11. The fraction of sp³-hybridized carbons (Fsp3) is 0.389. The Bertz CT molecular complexity index is 1080. The zero-order valence-electron chi connectivity index (χ0n) is 16.2. The van der Waals surface area contributed by atoms with Gasteiger partial charge in [0.25, 0.3) is 5.91 Å². The van der Waals surface area contributed by atoms with Crippen LogP contribution in [0.25, 0.3) is 5.65 Å². The van der Waals surface area contributed by atoms with Crippen molar-refractivity contribution in [1.29, 1.82) is 0 Å². The van der Waals surface area contributed by atoms with Gasteiger partial charge in [0.05, 0.1) is 0 Å². The smallest absolute Gasteiger partial charge is 0.267 e. The van der Waals surface area contributed by atoms with Crippen molar-refractivity contribution >= 4 is 21.6 Å². The van der Waals surface area contributed by atoms with Crippen molar-refractivity contribution in [3.8, 4) is 0 Å². The largest absolute Gasteiger partial charge is 0.350 e. The van der Waals surface area contributed by atoms with Gasteiger partial charge in [-0.2, -0.15) is 4.31 Å². The van der Waals surface area contributed by atoms with E-state index in [4.69, 9.17) is 0 Å². The number of hydrogen-bond donors (Lipinski definition) is 1. The summed E-state index contributed by atoms with van der Waals surface area (Å²) < 4.78 is 30.0. The number of nitrogens with zero attached hydrogens (tertiary/aromatic N) is 5. The summed E-state index contributed by atoms with van der Waals surface area (Å²) in [5.41, 5.74) is 1.04. The lowest BCUT2D eigenvalue weighted by atomic mass is 10.3. The van der Waals surface area contributed by atoms with Crippen LogP contribution >= 0.6 is 0 Å². The third kappa shape index (κ3) is 3.78. The van der Waals surface area contributed by atoms with Crippen molar-refractivity contribution in [2.45, 2.75) is 25.2 Å². The molecule has 9 nitrogen and oxygen atoms in total. The highest BCUT2D eigenvalue weighted by atomic mass is 32.2.